The second kappa shape index (κ2) is 7.14. The van der Waals surface area contributed by atoms with Crippen LogP contribution in [0.1, 0.15) is 27.2 Å². The van der Waals surface area contributed by atoms with Gasteiger partial charge in [0.25, 0.3) is 0 Å². The molecule has 0 aromatic heterocycles. The van der Waals surface area contributed by atoms with E-state index < -0.39 is 17.6 Å². The Balaban J connectivity index is 2.34. The fourth-order valence-electron chi connectivity index (χ4n) is 1.47. The number of hydrogen-bond acceptors (Lipinski definition) is 5. The first-order chi connectivity index (χ1) is 9.31. The van der Waals surface area contributed by atoms with Crippen LogP contribution in [0.3, 0.4) is 0 Å². The predicted molar refractivity (Wildman–Crippen MR) is 76.9 cm³/mol. The van der Waals surface area contributed by atoms with Crippen molar-refractivity contribution in [2.45, 2.75) is 38.8 Å². The highest BCUT2D eigenvalue weighted by molar-refractivity contribution is 5.75. The molecule has 0 fully saturated rings. The number of rotatable bonds is 6. The highest BCUT2D eigenvalue weighted by Gasteiger charge is 2.21. The third-order valence-corrected chi connectivity index (χ3v) is 2.47. The Labute approximate surface area is 120 Å². The van der Waals surface area contributed by atoms with Gasteiger partial charge in [-0.05, 0) is 45.0 Å². The third-order valence-electron chi connectivity index (χ3n) is 2.47. The summed E-state index contributed by atoms with van der Waals surface area (Å²) in [5.74, 6) is 1.07. The van der Waals surface area contributed by atoms with E-state index in [1.807, 2.05) is 32.9 Å². The lowest BCUT2D eigenvalue weighted by Gasteiger charge is -2.22. The van der Waals surface area contributed by atoms with Crippen LogP contribution >= 0.6 is 0 Å². The summed E-state index contributed by atoms with van der Waals surface area (Å²) in [5.41, 5.74) is 5.24. The maximum Gasteiger partial charge on any atom is 0.323 e. The van der Waals surface area contributed by atoms with E-state index in [-0.39, 0.29) is 0 Å². The SMILES string of the molecule is COc1ccc(OCCC(N)C(=O)OC(C)(C)C)cc1. The number of carbonyl (C=O) groups excluding carboxylic acids is 1. The van der Waals surface area contributed by atoms with Crippen molar-refractivity contribution >= 4 is 5.97 Å². The zero-order valence-electron chi connectivity index (χ0n) is 12.5. The zero-order chi connectivity index (χ0) is 15.2. The molecule has 1 aromatic carbocycles. The van der Waals surface area contributed by atoms with E-state index in [9.17, 15) is 4.79 Å². The number of benzene rings is 1. The molecule has 0 aliphatic heterocycles. The van der Waals surface area contributed by atoms with Gasteiger partial charge in [-0.25, -0.2) is 0 Å². The van der Waals surface area contributed by atoms with Crippen molar-refractivity contribution in [3.8, 4) is 11.5 Å². The molecular weight excluding hydrogens is 258 g/mol. The van der Waals surface area contributed by atoms with E-state index in [0.717, 1.165) is 5.75 Å². The van der Waals surface area contributed by atoms with Crippen molar-refractivity contribution in [1.82, 2.24) is 0 Å². The van der Waals surface area contributed by atoms with Crippen LogP contribution < -0.4 is 15.2 Å². The van der Waals surface area contributed by atoms with Gasteiger partial charge in [-0.2, -0.15) is 0 Å². The van der Waals surface area contributed by atoms with Crippen molar-refractivity contribution in [2.75, 3.05) is 13.7 Å². The molecule has 0 heterocycles. The first kappa shape index (κ1) is 16.3. The summed E-state index contributed by atoms with van der Waals surface area (Å²) in [5, 5.41) is 0. The number of esters is 1. The third kappa shape index (κ3) is 5.93. The summed E-state index contributed by atoms with van der Waals surface area (Å²) >= 11 is 0. The fourth-order valence-corrected chi connectivity index (χ4v) is 1.47. The summed E-state index contributed by atoms with van der Waals surface area (Å²) in [4.78, 5) is 11.7. The van der Waals surface area contributed by atoms with Crippen LogP contribution in [-0.4, -0.2) is 31.3 Å². The first-order valence-electron chi connectivity index (χ1n) is 6.57. The first-order valence-corrected chi connectivity index (χ1v) is 6.57. The Morgan fingerprint density at radius 1 is 1.20 bits per heavy atom. The molecule has 5 heteroatoms. The molecule has 2 N–H and O–H groups in total. The van der Waals surface area contributed by atoms with Crippen molar-refractivity contribution < 1.29 is 19.0 Å². The van der Waals surface area contributed by atoms with Gasteiger partial charge in [0, 0.05) is 6.42 Å². The molecule has 0 amide bonds. The van der Waals surface area contributed by atoms with Crippen LogP contribution in [0.2, 0.25) is 0 Å². The Bertz CT molecular complexity index is 422. The minimum Gasteiger partial charge on any atom is -0.497 e. The second-order valence-electron chi connectivity index (χ2n) is 5.45. The molecule has 1 atom stereocenters. The van der Waals surface area contributed by atoms with Gasteiger partial charge in [0.2, 0.25) is 0 Å². The van der Waals surface area contributed by atoms with Crippen LogP contribution in [0.4, 0.5) is 0 Å². The lowest BCUT2D eigenvalue weighted by atomic mass is 10.1. The summed E-state index contributed by atoms with van der Waals surface area (Å²) in [7, 11) is 1.61. The van der Waals surface area contributed by atoms with Crippen LogP contribution in [0.25, 0.3) is 0 Å². The number of hydrogen-bond donors (Lipinski definition) is 1. The lowest BCUT2D eigenvalue weighted by molar-refractivity contribution is -0.156. The van der Waals surface area contributed by atoms with Crippen LogP contribution in [0.5, 0.6) is 11.5 Å². The Kier molecular flexibility index (Phi) is 5.82. The number of methoxy groups -OCH3 is 1. The Hall–Kier alpha value is -1.75. The van der Waals surface area contributed by atoms with Crippen LogP contribution in [-0.2, 0) is 9.53 Å². The molecule has 112 valence electrons. The maximum absolute atomic E-state index is 11.7. The normalized spacial score (nSPS) is 12.7. The van der Waals surface area contributed by atoms with Gasteiger partial charge in [0.05, 0.1) is 13.7 Å². The van der Waals surface area contributed by atoms with E-state index in [1.54, 1.807) is 19.2 Å². The molecule has 0 spiro atoms. The van der Waals surface area contributed by atoms with E-state index in [2.05, 4.69) is 0 Å². The highest BCUT2D eigenvalue weighted by Crippen LogP contribution is 2.17. The van der Waals surface area contributed by atoms with E-state index in [4.69, 9.17) is 19.9 Å². The van der Waals surface area contributed by atoms with E-state index in [1.165, 1.54) is 0 Å². The predicted octanol–water partition coefficient (Wildman–Crippen LogP) is 2.13. The monoisotopic (exact) mass is 281 g/mol. The number of nitrogens with two attached hydrogens (primary N) is 1. The van der Waals surface area contributed by atoms with Crippen LogP contribution in [0, 0.1) is 0 Å². The average Bonchev–Trinajstić information content (AvgIpc) is 2.37. The number of carbonyl (C=O) groups is 1. The Morgan fingerprint density at radius 3 is 2.25 bits per heavy atom. The lowest BCUT2D eigenvalue weighted by Crippen LogP contribution is -2.38. The van der Waals surface area contributed by atoms with Gasteiger partial charge in [-0.3, -0.25) is 4.79 Å². The largest absolute Gasteiger partial charge is 0.497 e. The molecule has 1 rings (SSSR count). The van der Waals surface area contributed by atoms with Gasteiger partial charge >= 0.3 is 5.97 Å². The molecule has 0 bridgehead atoms. The zero-order valence-corrected chi connectivity index (χ0v) is 12.5. The van der Waals surface area contributed by atoms with Gasteiger partial charge in [0.15, 0.2) is 0 Å². The minimum atomic E-state index is -0.674. The fraction of sp³-hybridized carbons (Fsp3) is 0.533. The summed E-state index contributed by atoms with van der Waals surface area (Å²) < 4.78 is 15.8. The highest BCUT2D eigenvalue weighted by atomic mass is 16.6. The molecular formula is C15H23NO4. The van der Waals surface area contributed by atoms with Gasteiger partial charge in [-0.15, -0.1) is 0 Å². The molecule has 0 aliphatic rings. The number of ether oxygens (including phenoxy) is 3. The molecule has 1 unspecified atom stereocenters. The molecule has 20 heavy (non-hydrogen) atoms. The topological polar surface area (TPSA) is 70.8 Å². The minimum absolute atomic E-state index is 0.354. The molecule has 0 saturated heterocycles. The van der Waals surface area contributed by atoms with Crippen molar-refractivity contribution in [2.24, 2.45) is 5.73 Å². The summed E-state index contributed by atoms with van der Waals surface area (Å²) in [6.07, 6.45) is 0.404. The maximum atomic E-state index is 11.7. The van der Waals surface area contributed by atoms with E-state index in [0.29, 0.717) is 18.8 Å². The molecule has 0 radical (unpaired) electrons. The van der Waals surface area contributed by atoms with Gasteiger partial charge < -0.3 is 19.9 Å². The standard InChI is InChI=1S/C15H23NO4/c1-15(2,3)20-14(17)13(16)9-10-19-12-7-5-11(18-4)6-8-12/h5-8,13H,9-10,16H2,1-4H3. The second-order valence-corrected chi connectivity index (χ2v) is 5.45. The molecule has 0 aliphatic carbocycles. The van der Waals surface area contributed by atoms with Gasteiger partial charge in [0.1, 0.15) is 23.1 Å². The smallest absolute Gasteiger partial charge is 0.323 e. The van der Waals surface area contributed by atoms with Crippen molar-refractivity contribution in [1.29, 1.82) is 0 Å². The summed E-state index contributed by atoms with van der Waals surface area (Å²) in [6, 6.07) is 6.55. The Morgan fingerprint density at radius 2 is 1.75 bits per heavy atom. The van der Waals surface area contributed by atoms with Crippen LogP contribution in [0.15, 0.2) is 24.3 Å². The summed E-state index contributed by atoms with van der Waals surface area (Å²) in [6.45, 7) is 5.79. The average molecular weight is 281 g/mol. The van der Waals surface area contributed by atoms with Crippen molar-refractivity contribution in [3.63, 3.8) is 0 Å². The van der Waals surface area contributed by atoms with E-state index >= 15 is 0 Å². The molecule has 1 aromatic rings. The van der Waals surface area contributed by atoms with Crippen molar-refractivity contribution in [3.05, 3.63) is 24.3 Å². The van der Waals surface area contributed by atoms with Gasteiger partial charge in [-0.1, -0.05) is 0 Å². The molecule has 5 nitrogen and oxygen atoms in total. The molecule has 0 saturated carbocycles. The quantitative estimate of drug-likeness (QED) is 0.809.